The Kier molecular flexibility index (Phi) is 3.76. The summed E-state index contributed by atoms with van der Waals surface area (Å²) in [5.74, 6) is 0.0192. The van der Waals surface area contributed by atoms with Crippen molar-refractivity contribution in [3.63, 3.8) is 0 Å². The van der Waals surface area contributed by atoms with Gasteiger partial charge in [0.2, 0.25) is 15.9 Å². The van der Waals surface area contributed by atoms with E-state index in [0.717, 1.165) is 17.5 Å². The van der Waals surface area contributed by atoms with Crippen LogP contribution in [-0.4, -0.2) is 30.0 Å². The van der Waals surface area contributed by atoms with Gasteiger partial charge >= 0.3 is 5.76 Å². The number of nitrogens with zero attached hydrogens (tertiary/aromatic N) is 2. The molecular formula is C15H25N3O4S. The molecule has 2 aliphatic rings. The molecule has 0 radical (unpaired) electrons. The van der Waals surface area contributed by atoms with Crippen molar-refractivity contribution >= 4 is 10.0 Å². The summed E-state index contributed by atoms with van der Waals surface area (Å²) in [5.41, 5.74) is 0.145. The van der Waals surface area contributed by atoms with Crippen LogP contribution in [0.2, 0.25) is 0 Å². The fourth-order valence-corrected chi connectivity index (χ4v) is 5.74. The second-order valence-electron chi connectivity index (χ2n) is 7.71. The fourth-order valence-electron chi connectivity index (χ4n) is 4.42. The molecule has 3 atom stereocenters. The third-order valence-electron chi connectivity index (χ3n) is 6.39. The standard InChI is InChI=1S/C15H25N3O4S/c1-10-16-18(13(19)22-10)7-8-23(20,21)17-12-9-11-5-6-15(12,4)14(11,2)3/h11-12,17H,5-9H2,1-4H3. The molecule has 3 rings (SSSR count). The predicted octanol–water partition coefficient (Wildman–Crippen LogP) is 1.28. The largest absolute Gasteiger partial charge is 0.437 e. The zero-order valence-corrected chi connectivity index (χ0v) is 14.9. The van der Waals surface area contributed by atoms with Crippen LogP contribution in [0.4, 0.5) is 0 Å². The van der Waals surface area contributed by atoms with E-state index in [1.807, 2.05) is 0 Å². The Bertz CT molecular complexity index is 764. The zero-order chi connectivity index (χ0) is 17.0. The lowest BCUT2D eigenvalue weighted by Gasteiger charge is -2.39. The van der Waals surface area contributed by atoms with Crippen molar-refractivity contribution < 1.29 is 12.8 Å². The second-order valence-corrected chi connectivity index (χ2v) is 9.58. The first-order valence-electron chi connectivity index (χ1n) is 8.10. The highest BCUT2D eigenvalue weighted by atomic mass is 32.2. The van der Waals surface area contributed by atoms with Crippen LogP contribution in [0, 0.1) is 23.7 Å². The highest BCUT2D eigenvalue weighted by Crippen LogP contribution is 2.65. The van der Waals surface area contributed by atoms with Gasteiger partial charge in [-0.1, -0.05) is 20.8 Å². The van der Waals surface area contributed by atoms with Crippen LogP contribution in [0.25, 0.3) is 0 Å². The summed E-state index contributed by atoms with van der Waals surface area (Å²) in [6, 6.07) is -0.0305. The van der Waals surface area contributed by atoms with Gasteiger partial charge in [0.05, 0.1) is 12.3 Å². The van der Waals surface area contributed by atoms with Crippen molar-refractivity contribution in [3.05, 3.63) is 16.4 Å². The summed E-state index contributed by atoms with van der Waals surface area (Å²) in [6.45, 7) is 8.25. The number of sulfonamides is 1. The Morgan fingerprint density at radius 2 is 2.09 bits per heavy atom. The van der Waals surface area contributed by atoms with Crippen LogP contribution < -0.4 is 10.5 Å². The topological polar surface area (TPSA) is 94.2 Å². The van der Waals surface area contributed by atoms with E-state index in [0.29, 0.717) is 5.92 Å². The molecule has 1 heterocycles. The number of rotatable bonds is 5. The number of nitrogens with one attached hydrogen (secondary N) is 1. The lowest BCUT2D eigenvalue weighted by molar-refractivity contribution is 0.130. The van der Waals surface area contributed by atoms with Crippen LogP contribution in [-0.2, 0) is 16.6 Å². The van der Waals surface area contributed by atoms with Gasteiger partial charge in [-0.25, -0.2) is 17.9 Å². The maximum Gasteiger partial charge on any atom is 0.437 e. The molecule has 0 aliphatic heterocycles. The maximum atomic E-state index is 12.4. The minimum atomic E-state index is -3.47. The van der Waals surface area contributed by atoms with Crippen molar-refractivity contribution in [2.24, 2.45) is 16.7 Å². The summed E-state index contributed by atoms with van der Waals surface area (Å²) in [4.78, 5) is 11.5. The van der Waals surface area contributed by atoms with Gasteiger partial charge in [0.1, 0.15) is 0 Å². The van der Waals surface area contributed by atoms with Gasteiger partial charge in [0, 0.05) is 13.0 Å². The monoisotopic (exact) mass is 343 g/mol. The summed E-state index contributed by atoms with van der Waals surface area (Å²) in [5, 5.41) is 3.87. The third-order valence-corrected chi connectivity index (χ3v) is 7.76. The Hall–Kier alpha value is -1.15. The van der Waals surface area contributed by atoms with Gasteiger partial charge in [-0.2, -0.15) is 4.68 Å². The van der Waals surface area contributed by atoms with Crippen LogP contribution in [0.15, 0.2) is 9.21 Å². The maximum absolute atomic E-state index is 12.4. The van der Waals surface area contributed by atoms with Crippen LogP contribution in [0.5, 0.6) is 0 Å². The average molecular weight is 343 g/mol. The van der Waals surface area contributed by atoms with Crippen molar-refractivity contribution in [1.29, 1.82) is 0 Å². The molecule has 8 heteroatoms. The van der Waals surface area contributed by atoms with E-state index >= 15 is 0 Å². The SMILES string of the molecule is Cc1nn(CCS(=O)(=O)NC2CC3CCC2(C)C3(C)C)c(=O)o1. The first-order chi connectivity index (χ1) is 10.6. The van der Waals surface area contributed by atoms with Crippen LogP contribution in [0.3, 0.4) is 0 Å². The number of fused-ring (bicyclic) bond motifs is 2. The summed E-state index contributed by atoms with van der Waals surface area (Å²) in [7, 11) is -3.47. The van der Waals surface area contributed by atoms with Gasteiger partial charge in [0.25, 0.3) is 0 Å². The summed E-state index contributed by atoms with van der Waals surface area (Å²) in [6.07, 6.45) is 3.13. The molecule has 2 aliphatic carbocycles. The van der Waals surface area contributed by atoms with Crippen molar-refractivity contribution in [3.8, 4) is 0 Å². The molecule has 23 heavy (non-hydrogen) atoms. The minimum absolute atomic E-state index is 0.00175. The molecule has 2 saturated carbocycles. The number of hydrogen-bond donors (Lipinski definition) is 1. The van der Waals surface area contributed by atoms with E-state index in [-0.39, 0.29) is 35.1 Å². The Morgan fingerprint density at radius 3 is 2.57 bits per heavy atom. The molecule has 1 N–H and O–H groups in total. The molecular weight excluding hydrogens is 318 g/mol. The summed E-state index contributed by atoms with van der Waals surface area (Å²) >= 11 is 0. The summed E-state index contributed by atoms with van der Waals surface area (Å²) < 4.78 is 33.6. The Balaban J connectivity index is 1.68. The molecule has 0 aromatic carbocycles. The van der Waals surface area contributed by atoms with Crippen molar-refractivity contribution in [2.45, 2.75) is 59.5 Å². The molecule has 3 unspecified atom stereocenters. The fraction of sp³-hybridized carbons (Fsp3) is 0.867. The molecule has 0 amide bonds. The van der Waals surface area contributed by atoms with Gasteiger partial charge < -0.3 is 4.42 Å². The molecule has 2 fully saturated rings. The third kappa shape index (κ3) is 2.65. The van der Waals surface area contributed by atoms with Crippen molar-refractivity contribution in [2.75, 3.05) is 5.75 Å². The van der Waals surface area contributed by atoms with E-state index in [4.69, 9.17) is 4.42 Å². The Labute approximate surface area is 136 Å². The quantitative estimate of drug-likeness (QED) is 0.869. The van der Waals surface area contributed by atoms with Crippen molar-refractivity contribution in [1.82, 2.24) is 14.5 Å². The lowest BCUT2D eigenvalue weighted by atomic mass is 9.69. The number of hydrogen-bond acceptors (Lipinski definition) is 5. The van der Waals surface area contributed by atoms with E-state index < -0.39 is 15.8 Å². The normalized spacial score (nSPS) is 32.5. The van der Waals surface area contributed by atoms with Crippen LogP contribution in [0.1, 0.15) is 45.9 Å². The predicted molar refractivity (Wildman–Crippen MR) is 85.4 cm³/mol. The molecule has 1 aromatic rings. The number of aryl methyl sites for hydroxylation is 2. The Morgan fingerprint density at radius 1 is 1.39 bits per heavy atom. The molecule has 130 valence electrons. The highest BCUT2D eigenvalue weighted by molar-refractivity contribution is 7.89. The van der Waals surface area contributed by atoms with Gasteiger partial charge in [0.15, 0.2) is 0 Å². The van der Waals surface area contributed by atoms with E-state index in [9.17, 15) is 13.2 Å². The van der Waals surface area contributed by atoms with Gasteiger partial charge in [-0.3, -0.25) is 0 Å². The smallest absolute Gasteiger partial charge is 0.393 e. The van der Waals surface area contributed by atoms with E-state index in [2.05, 4.69) is 30.6 Å². The van der Waals surface area contributed by atoms with E-state index in [1.165, 1.54) is 6.42 Å². The second kappa shape index (κ2) is 5.17. The average Bonchev–Trinajstić information content (AvgIpc) is 2.93. The zero-order valence-electron chi connectivity index (χ0n) is 14.1. The molecule has 7 nitrogen and oxygen atoms in total. The first-order valence-corrected chi connectivity index (χ1v) is 9.75. The molecule has 2 bridgehead atoms. The van der Waals surface area contributed by atoms with Crippen LogP contribution >= 0.6 is 0 Å². The highest BCUT2D eigenvalue weighted by Gasteiger charge is 2.61. The molecule has 0 spiro atoms. The number of aromatic nitrogens is 2. The van der Waals surface area contributed by atoms with Gasteiger partial charge in [-0.15, -0.1) is 5.10 Å². The lowest BCUT2D eigenvalue weighted by Crippen LogP contribution is -2.47. The van der Waals surface area contributed by atoms with Gasteiger partial charge in [-0.05, 0) is 36.0 Å². The van der Waals surface area contributed by atoms with E-state index in [1.54, 1.807) is 6.92 Å². The molecule has 1 aromatic heterocycles. The minimum Gasteiger partial charge on any atom is -0.393 e. The first kappa shape index (κ1) is 16.7. The molecule has 0 saturated heterocycles.